The molecule has 0 saturated heterocycles. The number of halogens is 1. The van der Waals surface area contributed by atoms with Gasteiger partial charge < -0.3 is 10.2 Å². The van der Waals surface area contributed by atoms with Crippen molar-refractivity contribution >= 4 is 27.7 Å². The number of amides is 2. The molecular formula is C26H37FN4O4S. The van der Waals surface area contributed by atoms with Gasteiger partial charge in [-0.1, -0.05) is 31.2 Å². The molecule has 8 nitrogen and oxygen atoms in total. The third-order valence-corrected chi connectivity index (χ3v) is 7.54. The second-order valence-corrected chi connectivity index (χ2v) is 11.4. The van der Waals surface area contributed by atoms with Gasteiger partial charge in [-0.15, -0.1) is 0 Å². The molecule has 0 aromatic heterocycles. The molecule has 2 rings (SSSR count). The molecule has 1 N–H and O–H groups in total. The maximum absolute atomic E-state index is 13.8. The number of carbonyl (C=O) groups is 2. The molecule has 36 heavy (non-hydrogen) atoms. The lowest BCUT2D eigenvalue weighted by Gasteiger charge is -2.34. The number of carbonyl (C=O) groups excluding carboxylic acids is 2. The molecule has 0 radical (unpaired) electrons. The fourth-order valence-electron chi connectivity index (χ4n) is 3.78. The van der Waals surface area contributed by atoms with Crippen LogP contribution >= 0.6 is 0 Å². The molecule has 0 unspecified atom stereocenters. The number of anilines is 1. The summed E-state index contributed by atoms with van der Waals surface area (Å²) >= 11 is 0. The Balaban J connectivity index is 2.55. The number of benzene rings is 2. The van der Waals surface area contributed by atoms with Gasteiger partial charge in [-0.2, -0.15) is 12.7 Å². The standard InChI is InChI=1S/C26H37FN4O4S/c1-8-23(26(33)28-18(2)3)30(16-21-11-13-22(27)14-12-21)25(32)17-31(36(34,35)29(6)7)24-15-19(4)9-10-20(24)5/h9-15,18,23H,8,16-17H2,1-7H3,(H,28,33)/t23-/m1/s1. The molecule has 0 aliphatic carbocycles. The molecule has 2 aromatic carbocycles. The van der Waals surface area contributed by atoms with Gasteiger partial charge in [-0.05, 0) is 69.0 Å². The third kappa shape index (κ3) is 7.27. The van der Waals surface area contributed by atoms with Crippen LogP contribution in [0.3, 0.4) is 0 Å². The second kappa shape index (κ2) is 12.3. The van der Waals surface area contributed by atoms with E-state index in [1.54, 1.807) is 38.1 Å². The van der Waals surface area contributed by atoms with Crippen LogP contribution in [0.25, 0.3) is 0 Å². The quantitative estimate of drug-likeness (QED) is 0.492. The number of hydrogen-bond acceptors (Lipinski definition) is 4. The van der Waals surface area contributed by atoms with Crippen LogP contribution < -0.4 is 9.62 Å². The Kier molecular flexibility index (Phi) is 10.0. The SMILES string of the molecule is CC[C@H](C(=O)NC(C)C)N(Cc1ccc(F)cc1)C(=O)CN(c1cc(C)ccc1C)S(=O)(=O)N(C)C. The van der Waals surface area contributed by atoms with E-state index in [2.05, 4.69) is 5.32 Å². The van der Waals surface area contributed by atoms with Crippen LogP contribution in [0, 0.1) is 19.7 Å². The number of rotatable bonds is 11. The van der Waals surface area contributed by atoms with Crippen molar-refractivity contribution in [3.63, 3.8) is 0 Å². The Bertz CT molecular complexity index is 1170. The van der Waals surface area contributed by atoms with Gasteiger partial charge in [0.15, 0.2) is 0 Å². The van der Waals surface area contributed by atoms with E-state index in [9.17, 15) is 22.4 Å². The summed E-state index contributed by atoms with van der Waals surface area (Å²) in [6, 6.07) is 10.1. The van der Waals surface area contributed by atoms with Gasteiger partial charge >= 0.3 is 10.2 Å². The van der Waals surface area contributed by atoms with Crippen LogP contribution in [0.15, 0.2) is 42.5 Å². The molecule has 0 aliphatic heterocycles. The van der Waals surface area contributed by atoms with Crippen molar-refractivity contribution in [1.29, 1.82) is 0 Å². The van der Waals surface area contributed by atoms with Gasteiger partial charge in [-0.25, -0.2) is 8.70 Å². The first-order chi connectivity index (χ1) is 16.8. The molecule has 0 bridgehead atoms. The molecule has 198 valence electrons. The number of nitrogens with one attached hydrogen (secondary N) is 1. The van der Waals surface area contributed by atoms with Crippen LogP contribution in [-0.4, -0.2) is 62.2 Å². The first kappa shape index (κ1) is 29.3. The molecule has 0 spiro atoms. The predicted molar refractivity (Wildman–Crippen MR) is 140 cm³/mol. The van der Waals surface area contributed by atoms with E-state index in [1.807, 2.05) is 26.8 Å². The zero-order valence-corrected chi connectivity index (χ0v) is 22.9. The average molecular weight is 521 g/mol. The molecule has 2 amide bonds. The summed E-state index contributed by atoms with van der Waals surface area (Å²) < 4.78 is 42.3. The molecular weight excluding hydrogens is 483 g/mol. The molecule has 0 aliphatic rings. The van der Waals surface area contributed by atoms with Crippen molar-refractivity contribution in [3.05, 3.63) is 65.0 Å². The molecule has 2 aromatic rings. The fraction of sp³-hybridized carbons (Fsp3) is 0.462. The third-order valence-electron chi connectivity index (χ3n) is 5.74. The van der Waals surface area contributed by atoms with Crippen molar-refractivity contribution in [2.75, 3.05) is 24.9 Å². The maximum atomic E-state index is 13.8. The highest BCUT2D eigenvalue weighted by Crippen LogP contribution is 2.26. The summed E-state index contributed by atoms with van der Waals surface area (Å²) in [5, 5.41) is 2.84. The first-order valence-corrected chi connectivity index (χ1v) is 13.3. The van der Waals surface area contributed by atoms with Crippen LogP contribution in [0.4, 0.5) is 10.1 Å². The average Bonchev–Trinajstić information content (AvgIpc) is 2.79. The molecule has 10 heteroatoms. The van der Waals surface area contributed by atoms with Gasteiger partial charge in [0.05, 0.1) is 5.69 Å². The van der Waals surface area contributed by atoms with Gasteiger partial charge in [0, 0.05) is 26.7 Å². The van der Waals surface area contributed by atoms with Crippen molar-refractivity contribution in [2.45, 2.75) is 59.7 Å². The highest BCUT2D eigenvalue weighted by molar-refractivity contribution is 7.90. The minimum absolute atomic E-state index is 0.0196. The van der Waals surface area contributed by atoms with Gasteiger partial charge in [-0.3, -0.25) is 9.59 Å². The first-order valence-electron chi connectivity index (χ1n) is 11.9. The topological polar surface area (TPSA) is 90.0 Å². The molecule has 0 fully saturated rings. The summed E-state index contributed by atoms with van der Waals surface area (Å²) in [5.74, 6) is -1.30. The molecule has 0 saturated carbocycles. The summed E-state index contributed by atoms with van der Waals surface area (Å²) in [5.41, 5.74) is 2.54. The summed E-state index contributed by atoms with van der Waals surface area (Å²) in [6.07, 6.45) is 0.315. The van der Waals surface area contributed by atoms with Gasteiger partial charge in [0.25, 0.3) is 0 Å². The lowest BCUT2D eigenvalue weighted by molar-refractivity contribution is -0.140. The van der Waals surface area contributed by atoms with E-state index in [1.165, 1.54) is 31.1 Å². The fourth-order valence-corrected chi connectivity index (χ4v) is 4.89. The van der Waals surface area contributed by atoms with Crippen LogP contribution in [-0.2, 0) is 26.3 Å². The molecule has 0 heterocycles. The Hall–Kier alpha value is -2.98. The largest absolute Gasteiger partial charge is 0.352 e. The van der Waals surface area contributed by atoms with E-state index in [0.29, 0.717) is 23.2 Å². The number of aryl methyl sites for hydroxylation is 2. The highest BCUT2D eigenvalue weighted by atomic mass is 32.2. The normalized spacial score (nSPS) is 12.5. The van der Waals surface area contributed by atoms with Gasteiger partial charge in [0.2, 0.25) is 11.8 Å². The van der Waals surface area contributed by atoms with Crippen LogP contribution in [0.2, 0.25) is 0 Å². The Morgan fingerprint density at radius 3 is 2.17 bits per heavy atom. The van der Waals surface area contributed by atoms with Crippen LogP contribution in [0.5, 0.6) is 0 Å². The minimum Gasteiger partial charge on any atom is -0.352 e. The Labute approximate surface area is 214 Å². The predicted octanol–water partition coefficient (Wildman–Crippen LogP) is 3.39. The van der Waals surface area contributed by atoms with E-state index in [0.717, 1.165) is 14.2 Å². The zero-order valence-electron chi connectivity index (χ0n) is 22.1. The van der Waals surface area contributed by atoms with Gasteiger partial charge in [0.1, 0.15) is 18.4 Å². The highest BCUT2D eigenvalue weighted by Gasteiger charge is 2.34. The van der Waals surface area contributed by atoms with Crippen LogP contribution in [0.1, 0.15) is 43.9 Å². The Morgan fingerprint density at radius 1 is 1.03 bits per heavy atom. The van der Waals surface area contributed by atoms with E-state index in [-0.39, 0.29) is 18.5 Å². The summed E-state index contributed by atoms with van der Waals surface area (Å²) in [7, 11) is -1.24. The van der Waals surface area contributed by atoms with Crippen molar-refractivity contribution in [2.24, 2.45) is 0 Å². The van der Waals surface area contributed by atoms with Crippen molar-refractivity contribution in [1.82, 2.24) is 14.5 Å². The monoisotopic (exact) mass is 520 g/mol. The van der Waals surface area contributed by atoms with E-state index >= 15 is 0 Å². The Morgan fingerprint density at radius 2 is 1.64 bits per heavy atom. The number of nitrogens with zero attached hydrogens (tertiary/aromatic N) is 3. The maximum Gasteiger partial charge on any atom is 0.304 e. The minimum atomic E-state index is -4.04. The van der Waals surface area contributed by atoms with Crippen molar-refractivity contribution in [3.8, 4) is 0 Å². The van der Waals surface area contributed by atoms with E-state index < -0.39 is 34.5 Å². The smallest absolute Gasteiger partial charge is 0.304 e. The van der Waals surface area contributed by atoms with Crippen molar-refractivity contribution < 1.29 is 22.4 Å². The summed E-state index contributed by atoms with van der Waals surface area (Å²) in [4.78, 5) is 28.2. The zero-order chi connectivity index (χ0) is 27.2. The van der Waals surface area contributed by atoms with E-state index in [4.69, 9.17) is 0 Å². The summed E-state index contributed by atoms with van der Waals surface area (Å²) in [6.45, 7) is 8.57. The lowest BCUT2D eigenvalue weighted by Crippen LogP contribution is -2.54. The second-order valence-electron chi connectivity index (χ2n) is 9.32. The number of hydrogen-bond donors (Lipinski definition) is 1. The molecule has 1 atom stereocenters. The lowest BCUT2D eigenvalue weighted by atomic mass is 10.1.